The fraction of sp³-hybridized carbons (Fsp3) is 0.400. The molecule has 0 aromatic carbocycles. The third-order valence-corrected chi connectivity index (χ3v) is 2.22. The van der Waals surface area contributed by atoms with Crippen molar-refractivity contribution in [1.82, 2.24) is 5.16 Å². The number of halogens is 6. The van der Waals surface area contributed by atoms with Crippen LogP contribution in [0.25, 0.3) is 0 Å². The van der Waals surface area contributed by atoms with E-state index in [0.717, 1.165) is 0 Å². The molecule has 0 aliphatic carbocycles. The van der Waals surface area contributed by atoms with E-state index in [2.05, 4.69) is 9.68 Å². The summed E-state index contributed by atoms with van der Waals surface area (Å²) in [6.07, 6.45) is 0. The Labute approximate surface area is 104 Å². The number of hydrogen-bond acceptors (Lipinski definition) is 2. The van der Waals surface area contributed by atoms with E-state index < -0.39 is 7.59 Å². The Morgan fingerprint density at radius 2 is 1.54 bits per heavy atom. The molecule has 8 heteroatoms. The summed E-state index contributed by atoms with van der Waals surface area (Å²) in [4.78, 5) is 0. The molecule has 1 aromatic heterocycles. The van der Waals surface area contributed by atoms with Crippen molar-refractivity contribution < 1.29 is 4.52 Å². The van der Waals surface area contributed by atoms with Crippen molar-refractivity contribution in [2.75, 3.05) is 0 Å². The monoisotopic (exact) mass is 301 g/mol. The molecule has 0 fully saturated rings. The van der Waals surface area contributed by atoms with Crippen molar-refractivity contribution in [1.29, 1.82) is 0 Å². The lowest BCUT2D eigenvalue weighted by Gasteiger charge is -2.04. The van der Waals surface area contributed by atoms with E-state index in [9.17, 15) is 0 Å². The number of aromatic nitrogens is 1. The summed E-state index contributed by atoms with van der Waals surface area (Å²) in [7, 11) is 0. The number of nitrogens with zero attached hydrogens (tertiary/aromatic N) is 1. The summed E-state index contributed by atoms with van der Waals surface area (Å²) >= 11 is 33.0. The van der Waals surface area contributed by atoms with Crippen molar-refractivity contribution in [3.63, 3.8) is 0 Å². The van der Waals surface area contributed by atoms with Gasteiger partial charge in [0.15, 0.2) is 5.76 Å². The maximum absolute atomic E-state index is 5.50. The molecule has 1 heterocycles. The largest absolute Gasteiger partial charge is 0.356 e. The van der Waals surface area contributed by atoms with E-state index in [4.69, 9.17) is 69.6 Å². The minimum Gasteiger partial charge on any atom is -0.356 e. The smallest absolute Gasteiger partial charge is 0.250 e. The second kappa shape index (κ2) is 3.84. The van der Waals surface area contributed by atoms with Crippen LogP contribution in [0.4, 0.5) is 0 Å². The van der Waals surface area contributed by atoms with Gasteiger partial charge >= 0.3 is 0 Å². The molecule has 0 amide bonds. The standard InChI is InChI=1S/C5HCl6NO/c6-4(7,8)2-1-3(13-12-2)5(9,10)11/h1H. The summed E-state index contributed by atoms with van der Waals surface area (Å²) in [6.45, 7) is 0. The third-order valence-electron chi connectivity index (χ3n) is 1.08. The molecule has 0 N–H and O–H groups in total. The molecule has 1 aromatic rings. The zero-order valence-corrected chi connectivity index (χ0v) is 10.2. The van der Waals surface area contributed by atoms with Gasteiger partial charge < -0.3 is 4.52 Å². The van der Waals surface area contributed by atoms with Gasteiger partial charge in [-0.2, -0.15) is 0 Å². The van der Waals surface area contributed by atoms with Crippen LogP contribution < -0.4 is 0 Å². The van der Waals surface area contributed by atoms with Gasteiger partial charge in [0, 0.05) is 6.07 Å². The molecule has 0 saturated heterocycles. The molecule has 74 valence electrons. The number of alkyl halides is 6. The van der Waals surface area contributed by atoms with Crippen molar-refractivity contribution in [3.05, 3.63) is 17.5 Å². The van der Waals surface area contributed by atoms with Gasteiger partial charge in [0.25, 0.3) is 3.79 Å². The van der Waals surface area contributed by atoms with Gasteiger partial charge in [0.1, 0.15) is 5.69 Å². The fourth-order valence-electron chi connectivity index (χ4n) is 0.542. The van der Waals surface area contributed by atoms with Crippen molar-refractivity contribution >= 4 is 69.6 Å². The topological polar surface area (TPSA) is 26.0 Å². The Balaban J connectivity index is 3.01. The molecule has 1 rings (SSSR count). The molecule has 2 nitrogen and oxygen atoms in total. The van der Waals surface area contributed by atoms with Gasteiger partial charge in [0.05, 0.1) is 0 Å². The Kier molecular flexibility index (Phi) is 3.55. The first-order valence-corrected chi connectivity index (χ1v) is 5.09. The molecular formula is C5HCl6NO. The van der Waals surface area contributed by atoms with E-state index in [-0.39, 0.29) is 11.5 Å². The second-order valence-corrected chi connectivity index (χ2v) is 6.63. The molecule has 0 unspecified atom stereocenters. The molecular weight excluding hydrogens is 303 g/mol. The molecule has 0 spiro atoms. The van der Waals surface area contributed by atoms with Gasteiger partial charge in [-0.25, -0.2) is 0 Å². The maximum Gasteiger partial charge on any atom is 0.250 e. The lowest BCUT2D eigenvalue weighted by molar-refractivity contribution is 0.381. The third kappa shape index (κ3) is 3.22. The van der Waals surface area contributed by atoms with Gasteiger partial charge in [-0.3, -0.25) is 0 Å². The summed E-state index contributed by atoms with van der Waals surface area (Å²) in [6, 6.07) is 1.26. The van der Waals surface area contributed by atoms with Crippen LogP contribution in [0.2, 0.25) is 0 Å². The first-order valence-electron chi connectivity index (χ1n) is 2.82. The summed E-state index contributed by atoms with van der Waals surface area (Å²) in [5.41, 5.74) is 0.0684. The molecule has 0 atom stereocenters. The van der Waals surface area contributed by atoms with Gasteiger partial charge in [0.2, 0.25) is 3.79 Å². The Morgan fingerprint density at radius 3 is 1.77 bits per heavy atom. The average molecular weight is 304 g/mol. The normalized spacial score (nSPS) is 13.4. The van der Waals surface area contributed by atoms with E-state index in [1.165, 1.54) is 6.07 Å². The zero-order chi connectivity index (χ0) is 10.3. The van der Waals surface area contributed by atoms with Crippen LogP contribution in [0.5, 0.6) is 0 Å². The Bertz CT molecular complexity index is 268. The van der Waals surface area contributed by atoms with Crippen molar-refractivity contribution in [2.24, 2.45) is 0 Å². The lowest BCUT2D eigenvalue weighted by Crippen LogP contribution is -2.00. The first-order chi connectivity index (χ1) is 5.71. The predicted octanol–water partition coefficient (Wildman–Crippen LogP) is 4.33. The molecule has 13 heavy (non-hydrogen) atoms. The molecule has 0 aliphatic heterocycles. The maximum atomic E-state index is 5.50. The van der Waals surface area contributed by atoms with Crippen LogP contribution in [0.1, 0.15) is 11.5 Å². The molecule has 0 bridgehead atoms. The van der Waals surface area contributed by atoms with Crippen LogP contribution in [-0.4, -0.2) is 5.16 Å². The van der Waals surface area contributed by atoms with Gasteiger partial charge in [-0.05, 0) is 0 Å². The highest BCUT2D eigenvalue weighted by Gasteiger charge is 2.33. The quantitative estimate of drug-likeness (QED) is 0.667. The summed E-state index contributed by atoms with van der Waals surface area (Å²) in [5.74, 6) is -0.00109. The number of hydrogen-bond donors (Lipinski definition) is 0. The lowest BCUT2D eigenvalue weighted by atomic mass is 10.4. The van der Waals surface area contributed by atoms with Gasteiger partial charge in [-0.15, -0.1) is 0 Å². The molecule has 0 aliphatic rings. The van der Waals surface area contributed by atoms with Crippen LogP contribution in [-0.2, 0) is 7.59 Å². The molecule has 0 radical (unpaired) electrons. The molecule has 0 saturated carbocycles. The highest BCUT2D eigenvalue weighted by atomic mass is 35.6. The van der Waals surface area contributed by atoms with Crippen molar-refractivity contribution in [3.8, 4) is 0 Å². The minimum absolute atomic E-state index is 0.00109. The first kappa shape index (κ1) is 12.0. The van der Waals surface area contributed by atoms with Crippen LogP contribution in [0.15, 0.2) is 10.6 Å². The van der Waals surface area contributed by atoms with Crippen molar-refractivity contribution in [2.45, 2.75) is 7.59 Å². The SMILES string of the molecule is ClC(Cl)(Cl)c1cc(C(Cl)(Cl)Cl)on1. The van der Waals surface area contributed by atoms with E-state index in [1.54, 1.807) is 0 Å². The average Bonchev–Trinajstić information content (AvgIpc) is 2.28. The second-order valence-electron chi connectivity index (χ2n) is 2.07. The fourth-order valence-corrected chi connectivity index (χ4v) is 1.08. The highest BCUT2D eigenvalue weighted by Crippen LogP contribution is 2.43. The zero-order valence-electron chi connectivity index (χ0n) is 5.70. The van der Waals surface area contributed by atoms with E-state index in [1.807, 2.05) is 0 Å². The highest BCUT2D eigenvalue weighted by molar-refractivity contribution is 6.67. The van der Waals surface area contributed by atoms with Gasteiger partial charge in [-0.1, -0.05) is 74.8 Å². The summed E-state index contributed by atoms with van der Waals surface area (Å²) < 4.78 is 1.27. The van der Waals surface area contributed by atoms with E-state index >= 15 is 0 Å². The summed E-state index contributed by atoms with van der Waals surface area (Å²) in [5, 5.41) is 3.43. The predicted molar refractivity (Wildman–Crippen MR) is 55.0 cm³/mol. The van der Waals surface area contributed by atoms with Crippen LogP contribution in [0.3, 0.4) is 0 Å². The minimum atomic E-state index is -1.71. The number of rotatable bonds is 0. The Hall–Kier alpha value is 0.950. The van der Waals surface area contributed by atoms with E-state index in [0.29, 0.717) is 0 Å². The van der Waals surface area contributed by atoms with Crippen LogP contribution in [0, 0.1) is 0 Å². The van der Waals surface area contributed by atoms with Crippen LogP contribution >= 0.6 is 69.6 Å². The Morgan fingerprint density at radius 1 is 1.00 bits per heavy atom.